The SMILES string of the molecule is C/C(=N/NC(=S)NCCCN1CCOCC1)c1cc2ccccc2oc1=O. The van der Waals surface area contributed by atoms with Gasteiger partial charge in [-0.15, -0.1) is 0 Å². The molecule has 0 bridgehead atoms. The zero-order valence-electron chi connectivity index (χ0n) is 15.4. The van der Waals surface area contributed by atoms with Gasteiger partial charge in [-0.25, -0.2) is 4.79 Å². The summed E-state index contributed by atoms with van der Waals surface area (Å²) in [5.74, 6) is 0. The van der Waals surface area contributed by atoms with Crippen molar-refractivity contribution in [1.29, 1.82) is 0 Å². The molecule has 0 spiro atoms. The molecule has 1 aliphatic rings. The summed E-state index contributed by atoms with van der Waals surface area (Å²) in [5.41, 5.74) is 3.87. The number of morpholine rings is 1. The quantitative estimate of drug-likeness (QED) is 0.256. The van der Waals surface area contributed by atoms with E-state index in [1.165, 1.54) is 0 Å². The zero-order chi connectivity index (χ0) is 19.1. The van der Waals surface area contributed by atoms with Gasteiger partial charge in [-0.3, -0.25) is 10.3 Å². The van der Waals surface area contributed by atoms with Crippen LogP contribution in [0.25, 0.3) is 11.0 Å². The Kier molecular flexibility index (Phi) is 6.92. The molecule has 1 saturated heterocycles. The van der Waals surface area contributed by atoms with Crippen LogP contribution < -0.4 is 16.4 Å². The van der Waals surface area contributed by atoms with Crippen LogP contribution in [0.15, 0.2) is 44.6 Å². The lowest BCUT2D eigenvalue weighted by molar-refractivity contribution is 0.0376. The van der Waals surface area contributed by atoms with E-state index in [1.54, 1.807) is 19.1 Å². The second-order valence-electron chi connectivity index (χ2n) is 6.36. The minimum atomic E-state index is -0.416. The van der Waals surface area contributed by atoms with E-state index < -0.39 is 5.63 Å². The predicted molar refractivity (Wildman–Crippen MR) is 110 cm³/mol. The molecule has 1 aliphatic heterocycles. The molecule has 1 fully saturated rings. The van der Waals surface area contributed by atoms with Crippen molar-refractivity contribution in [2.45, 2.75) is 13.3 Å². The van der Waals surface area contributed by atoms with Crippen molar-refractivity contribution in [3.8, 4) is 0 Å². The summed E-state index contributed by atoms with van der Waals surface area (Å²) in [6.45, 7) is 7.11. The molecule has 0 unspecified atom stereocenters. The van der Waals surface area contributed by atoms with Gasteiger partial charge in [-0.1, -0.05) is 18.2 Å². The molecule has 2 heterocycles. The van der Waals surface area contributed by atoms with Gasteiger partial charge in [-0.05, 0) is 44.2 Å². The molecule has 8 heteroatoms. The molecule has 27 heavy (non-hydrogen) atoms. The Hall–Kier alpha value is -2.29. The molecule has 0 atom stereocenters. The van der Waals surface area contributed by atoms with Gasteiger partial charge in [0, 0.05) is 25.0 Å². The summed E-state index contributed by atoms with van der Waals surface area (Å²) < 4.78 is 10.7. The molecular weight excluding hydrogens is 364 g/mol. The molecule has 0 saturated carbocycles. The first-order chi connectivity index (χ1) is 13.1. The Morgan fingerprint density at radius 2 is 2.07 bits per heavy atom. The van der Waals surface area contributed by atoms with E-state index >= 15 is 0 Å². The van der Waals surface area contributed by atoms with Crippen LogP contribution >= 0.6 is 12.2 Å². The Labute approximate surface area is 163 Å². The standard InChI is InChI=1S/C19H24N4O3S/c1-14(16-13-15-5-2-3-6-17(15)26-18(16)24)21-22-19(27)20-7-4-8-23-9-11-25-12-10-23/h2-3,5-6,13H,4,7-12H2,1H3,(H2,20,22,27)/b21-14-. The smallest absolute Gasteiger partial charge is 0.345 e. The van der Waals surface area contributed by atoms with Crippen molar-refractivity contribution in [3.05, 3.63) is 46.3 Å². The maximum absolute atomic E-state index is 12.1. The van der Waals surface area contributed by atoms with Crippen molar-refractivity contribution in [2.24, 2.45) is 5.10 Å². The van der Waals surface area contributed by atoms with E-state index in [1.807, 2.05) is 18.2 Å². The van der Waals surface area contributed by atoms with E-state index in [2.05, 4.69) is 20.7 Å². The molecule has 1 aromatic carbocycles. The second-order valence-corrected chi connectivity index (χ2v) is 6.77. The van der Waals surface area contributed by atoms with Crippen molar-refractivity contribution in [1.82, 2.24) is 15.6 Å². The zero-order valence-corrected chi connectivity index (χ0v) is 16.2. The Morgan fingerprint density at radius 3 is 2.89 bits per heavy atom. The molecule has 0 radical (unpaired) electrons. The minimum Gasteiger partial charge on any atom is -0.422 e. The molecule has 0 amide bonds. The van der Waals surface area contributed by atoms with E-state index in [0.717, 1.165) is 51.2 Å². The Balaban J connectivity index is 1.49. The van der Waals surface area contributed by atoms with E-state index in [0.29, 0.717) is 22.0 Å². The van der Waals surface area contributed by atoms with Gasteiger partial charge >= 0.3 is 5.63 Å². The van der Waals surface area contributed by atoms with Crippen LogP contribution in [0.2, 0.25) is 0 Å². The average molecular weight is 388 g/mol. The summed E-state index contributed by atoms with van der Waals surface area (Å²) in [5, 5.41) is 8.62. The first-order valence-electron chi connectivity index (χ1n) is 9.05. The van der Waals surface area contributed by atoms with Gasteiger partial charge in [0.2, 0.25) is 0 Å². The van der Waals surface area contributed by atoms with Crippen LogP contribution in [0.3, 0.4) is 0 Å². The van der Waals surface area contributed by atoms with Crippen LogP contribution in [0, 0.1) is 0 Å². The van der Waals surface area contributed by atoms with Crippen LogP contribution in [0.4, 0.5) is 0 Å². The lowest BCUT2D eigenvalue weighted by Crippen LogP contribution is -2.39. The number of nitrogens with zero attached hydrogens (tertiary/aromatic N) is 2. The number of ether oxygens (including phenoxy) is 1. The number of para-hydroxylation sites is 1. The summed E-state index contributed by atoms with van der Waals surface area (Å²) in [6.07, 6.45) is 0.985. The van der Waals surface area contributed by atoms with Crippen LogP contribution in [-0.4, -0.2) is 55.1 Å². The molecular formula is C19H24N4O3S. The molecule has 2 N–H and O–H groups in total. The van der Waals surface area contributed by atoms with Crippen LogP contribution in [0.5, 0.6) is 0 Å². The molecule has 3 rings (SSSR count). The normalized spacial score (nSPS) is 15.7. The fourth-order valence-corrected chi connectivity index (χ4v) is 3.03. The van der Waals surface area contributed by atoms with Crippen LogP contribution in [-0.2, 0) is 4.74 Å². The second kappa shape index (κ2) is 9.59. The van der Waals surface area contributed by atoms with E-state index in [4.69, 9.17) is 21.4 Å². The number of rotatable bonds is 6. The summed E-state index contributed by atoms with van der Waals surface area (Å²) in [4.78, 5) is 14.5. The Bertz CT molecular complexity index is 875. The number of hydrogen-bond donors (Lipinski definition) is 2. The first-order valence-corrected chi connectivity index (χ1v) is 9.46. The van der Waals surface area contributed by atoms with Gasteiger partial charge < -0.3 is 14.5 Å². The fourth-order valence-electron chi connectivity index (χ4n) is 2.88. The van der Waals surface area contributed by atoms with E-state index in [-0.39, 0.29) is 0 Å². The van der Waals surface area contributed by atoms with Gasteiger partial charge in [0.05, 0.1) is 24.5 Å². The van der Waals surface area contributed by atoms with Crippen LogP contribution in [0.1, 0.15) is 18.9 Å². The topological polar surface area (TPSA) is 79.1 Å². The third-order valence-electron chi connectivity index (χ3n) is 4.40. The molecule has 2 aromatic rings. The van der Waals surface area contributed by atoms with Gasteiger partial charge in [0.15, 0.2) is 5.11 Å². The minimum absolute atomic E-state index is 0.413. The Morgan fingerprint density at radius 1 is 1.30 bits per heavy atom. The summed E-state index contributed by atoms with van der Waals surface area (Å²) in [7, 11) is 0. The van der Waals surface area contributed by atoms with Crippen molar-refractivity contribution in [3.63, 3.8) is 0 Å². The molecule has 144 valence electrons. The number of fused-ring (bicyclic) bond motifs is 1. The highest BCUT2D eigenvalue weighted by Gasteiger charge is 2.10. The number of hydrogen-bond acceptors (Lipinski definition) is 6. The lowest BCUT2D eigenvalue weighted by Gasteiger charge is -2.26. The summed E-state index contributed by atoms with van der Waals surface area (Å²) in [6, 6.07) is 9.16. The maximum atomic E-state index is 12.1. The highest BCUT2D eigenvalue weighted by Crippen LogP contribution is 2.12. The van der Waals surface area contributed by atoms with Crippen molar-refractivity contribution in [2.75, 3.05) is 39.4 Å². The van der Waals surface area contributed by atoms with Gasteiger partial charge in [0.1, 0.15) is 5.58 Å². The average Bonchev–Trinajstić information content (AvgIpc) is 2.69. The third kappa shape index (κ3) is 5.59. The maximum Gasteiger partial charge on any atom is 0.345 e. The fraction of sp³-hybridized carbons (Fsp3) is 0.421. The number of thiocarbonyl (C=S) groups is 1. The van der Waals surface area contributed by atoms with Crippen molar-refractivity contribution >= 4 is 34.0 Å². The van der Waals surface area contributed by atoms with Gasteiger partial charge in [0.25, 0.3) is 0 Å². The predicted octanol–water partition coefficient (Wildman–Crippen LogP) is 1.70. The molecule has 1 aromatic heterocycles. The third-order valence-corrected chi connectivity index (χ3v) is 4.63. The molecule has 7 nitrogen and oxygen atoms in total. The van der Waals surface area contributed by atoms with E-state index in [9.17, 15) is 4.79 Å². The number of nitrogens with one attached hydrogen (secondary N) is 2. The number of benzene rings is 1. The number of hydrazone groups is 1. The van der Waals surface area contributed by atoms with Gasteiger partial charge in [-0.2, -0.15) is 5.10 Å². The summed E-state index contributed by atoms with van der Waals surface area (Å²) >= 11 is 5.24. The van der Waals surface area contributed by atoms with Crippen molar-refractivity contribution < 1.29 is 9.15 Å². The molecule has 0 aliphatic carbocycles. The highest BCUT2D eigenvalue weighted by molar-refractivity contribution is 7.80. The highest BCUT2D eigenvalue weighted by atomic mass is 32.1. The lowest BCUT2D eigenvalue weighted by atomic mass is 10.1. The monoisotopic (exact) mass is 388 g/mol. The largest absolute Gasteiger partial charge is 0.422 e. The first kappa shape index (κ1) is 19.5.